The number of aliphatic carboxylic acids is 1. The van der Waals surface area contributed by atoms with Gasteiger partial charge in [0.2, 0.25) is 0 Å². The third-order valence-electron chi connectivity index (χ3n) is 26.3. The maximum atomic E-state index is 14.9. The van der Waals surface area contributed by atoms with E-state index >= 15 is 0 Å². The molecule has 4 aromatic heterocycles. The SMILES string of the molecule is CC[C@H](C)Nc1cc(F)c(C(=O)N[C@@H](Cc2ccc(-c3c(C)cc(C)n(C)c3=O)c3c2COC3)C(=O)O)c(F)c1.CC[C@H](C)Nc1cc(F)c(C(=O)N[C@@H](Cc2ccc(-c3c(C)cc(C)n(C)c3=O)c3c2COC3)C(=O)OC)c(F)c1.CC[C@H](C)Nc1cc(F)c(C(=O)N[C@@H](Cc2ccc(B3OC(C)(C)C(C)(C)O3)c3c2COC3)C(=O)OC)c(F)c1.Cc1cc(C)c(Cl)c(=O)[nH]1.Cc1cc(C)n(C)c(=O)c1Cl.O.[Li+].[OH-]. The number of amides is 3. The number of methoxy groups -OCH3 is 2. The number of carboxylic acid groups (broad SMARTS) is 1. The van der Waals surface area contributed by atoms with Crippen LogP contribution >= 0.6 is 23.2 Å². The van der Waals surface area contributed by atoms with Crippen molar-refractivity contribution in [3.8, 4) is 22.3 Å². The van der Waals surface area contributed by atoms with E-state index in [2.05, 4.69) is 36.9 Å². The molecule has 11 N–H and O–H groups in total. The molecule has 145 heavy (non-hydrogen) atoms. The summed E-state index contributed by atoms with van der Waals surface area (Å²) in [5.41, 5.74) is 13.6. The summed E-state index contributed by atoms with van der Waals surface area (Å²) in [6, 6.07) is 20.6. The van der Waals surface area contributed by atoms with Crippen molar-refractivity contribution >= 4 is 88.5 Å². The molecule has 0 radical (unpaired) electrons. The number of fused-ring (bicyclic) bond motifs is 3. The van der Waals surface area contributed by atoms with Crippen LogP contribution in [0.15, 0.2) is 116 Å². The molecule has 40 heteroatoms. The molecule has 14 rings (SSSR count). The first-order chi connectivity index (χ1) is 66.8. The molecule has 4 aliphatic rings. The molecule has 0 unspecified atom stereocenters. The molecule has 776 valence electrons. The van der Waals surface area contributed by atoms with Gasteiger partial charge in [0.05, 0.1) is 76.2 Å². The van der Waals surface area contributed by atoms with E-state index in [1.165, 1.54) is 18.8 Å². The Morgan fingerprint density at radius 2 is 0.745 bits per heavy atom. The molecule has 0 spiro atoms. The van der Waals surface area contributed by atoms with Crippen LogP contribution in [0.25, 0.3) is 22.3 Å². The van der Waals surface area contributed by atoms with E-state index in [0.717, 1.165) is 151 Å². The monoisotopic (exact) mass is 2050 g/mol. The molecule has 0 bridgehead atoms. The number of nitrogens with zero attached hydrogens (tertiary/aromatic N) is 3. The summed E-state index contributed by atoms with van der Waals surface area (Å²) in [6.07, 6.45) is 2.09. The minimum Gasteiger partial charge on any atom is -0.870 e. The Kier molecular flexibility index (Phi) is 42.4. The molecule has 0 aliphatic carbocycles. The van der Waals surface area contributed by atoms with Gasteiger partial charge in [0.1, 0.15) is 79.8 Å². The van der Waals surface area contributed by atoms with Crippen LogP contribution in [0, 0.1) is 90.3 Å². The number of hydrogen-bond acceptors (Lipinski definition) is 21. The second kappa shape index (κ2) is 51.3. The second-order valence-corrected chi connectivity index (χ2v) is 37.8. The number of carbonyl (C=O) groups is 6. The molecule has 8 heterocycles. The molecule has 1 fully saturated rings. The van der Waals surface area contributed by atoms with Crippen molar-refractivity contribution < 1.29 is 123 Å². The number of rotatable bonds is 27. The van der Waals surface area contributed by atoms with E-state index in [1.807, 2.05) is 161 Å². The second-order valence-electron chi connectivity index (χ2n) is 37.0. The van der Waals surface area contributed by atoms with Crippen molar-refractivity contribution in [3.63, 3.8) is 0 Å². The van der Waals surface area contributed by atoms with Gasteiger partial charge in [-0.05, 0) is 273 Å². The van der Waals surface area contributed by atoms with Gasteiger partial charge in [-0.1, -0.05) is 80.4 Å². The molecular weight excluding hydrogens is 1920 g/mol. The molecule has 1 saturated heterocycles. The summed E-state index contributed by atoms with van der Waals surface area (Å²) in [5, 5.41) is 26.5. The average molecular weight is 2050 g/mol. The van der Waals surface area contributed by atoms with Crippen LogP contribution in [0.1, 0.15) is 215 Å². The summed E-state index contributed by atoms with van der Waals surface area (Å²) in [4.78, 5) is 127. The number of anilines is 3. The summed E-state index contributed by atoms with van der Waals surface area (Å²) < 4.78 is 133. The van der Waals surface area contributed by atoms with Crippen LogP contribution < -0.4 is 78.5 Å². The minimum atomic E-state index is -1.46. The van der Waals surface area contributed by atoms with E-state index in [0.29, 0.717) is 46.1 Å². The van der Waals surface area contributed by atoms with Crippen molar-refractivity contribution in [2.45, 2.75) is 250 Å². The number of hydrogen-bond donors (Lipinski definition) is 8. The predicted molar refractivity (Wildman–Crippen MR) is 540 cm³/mol. The van der Waals surface area contributed by atoms with Crippen molar-refractivity contribution in [2.24, 2.45) is 21.1 Å². The number of carboxylic acids is 1. The maximum Gasteiger partial charge on any atom is 1.00 e. The number of carbonyl (C=O) groups excluding carboxylic acids is 5. The van der Waals surface area contributed by atoms with Gasteiger partial charge in [0, 0.05) is 98.4 Å². The maximum absolute atomic E-state index is 14.9. The van der Waals surface area contributed by atoms with E-state index < -0.39 is 124 Å². The average Bonchev–Trinajstić information content (AvgIpc) is 1.51. The standard InChI is InChI=1S/C31H35F2N3O5.C30H33F2N3O5.C29H37BF2N2O6.C8H10ClNO.C7H8ClNO.Li.2H2O/c1-7-17(3)34-20-12-24(32)28(25(33)13-20)29(37)35-26(31(39)40-6)11-19-8-9-21(23-15-41-14-22(19)23)27-16(2)10-18(4)36(5)30(27)38;1-6-16(3)33-19-11-23(31)27(24(32)12-19)28(36)34-25(30(38)39)10-18-7-8-20(22-14-40-13-21(18)22)26-15(2)9-17(4)35(5)29(26)37;1-8-16(2)33-18-12-22(31)25(23(32)13-18)26(35)34-24(27(36)37-7)11-17-9-10-21(20-15-38-14-19(17)20)30-39-28(3,4)29(5,6)40-30;1-5-4-6(2)10(3)8(11)7(5)9;1-4-3-5(2)9-7(10)6(4)8;;;/h8-10,12-13,17,26,34H,7,11,14-15H2,1-6H3,(H,35,37);7-9,11-12,16,25,33H,6,10,13-14H2,1-5H3,(H,34,36)(H,38,39);9-10,12-13,16,24,33H,8,11,14-15H2,1-7H3,(H,34,35);4H,1-3H3;3H,1-2H3,(H,9,10);;2*1H2/q;;;;;+1;;/p-1/t17-,26-;16-,25-;16-,24-;;;;;/m000...../s1. The van der Waals surface area contributed by atoms with Crippen molar-refractivity contribution in [3.05, 3.63) is 295 Å². The fraction of sp³-hybridized carbons (Fsp3) is 0.410. The Bertz CT molecular complexity index is 6660. The van der Waals surface area contributed by atoms with Crippen LogP contribution in [0.4, 0.5) is 43.4 Å². The van der Waals surface area contributed by atoms with Gasteiger partial charge in [-0.3, -0.25) is 33.6 Å². The molecule has 6 aromatic carbocycles. The third-order valence-corrected chi connectivity index (χ3v) is 27.2. The molecule has 0 saturated carbocycles. The topological polar surface area (TPSA) is 420 Å². The number of aromatic amines is 1. The quantitative estimate of drug-likeness (QED) is 0.0135. The molecule has 3 amide bonds. The van der Waals surface area contributed by atoms with E-state index in [1.54, 1.807) is 54.5 Å². The van der Waals surface area contributed by atoms with Gasteiger partial charge in [-0.15, -0.1) is 0 Å². The van der Waals surface area contributed by atoms with E-state index in [9.17, 15) is 79.4 Å². The number of aromatic nitrogens is 4. The van der Waals surface area contributed by atoms with Crippen molar-refractivity contribution in [2.75, 3.05) is 30.2 Å². The van der Waals surface area contributed by atoms with Gasteiger partial charge < -0.3 is 99.6 Å². The summed E-state index contributed by atoms with van der Waals surface area (Å²) in [5.74, 6) is -12.5. The Hall–Kier alpha value is -12.1. The zero-order valence-corrected chi connectivity index (χ0v) is 87.5. The van der Waals surface area contributed by atoms with Gasteiger partial charge >= 0.3 is 43.9 Å². The normalized spacial score (nSPS) is 14.4. The Labute approximate surface area is 860 Å². The summed E-state index contributed by atoms with van der Waals surface area (Å²) in [7, 11) is 6.90. The molecule has 4 aliphatic heterocycles. The van der Waals surface area contributed by atoms with E-state index in [4.69, 9.17) is 56.2 Å². The van der Waals surface area contributed by atoms with Gasteiger partial charge in [0.25, 0.3) is 40.0 Å². The Morgan fingerprint density at radius 1 is 0.448 bits per heavy atom. The zero-order valence-electron chi connectivity index (χ0n) is 86.0. The molecule has 30 nitrogen and oxygen atoms in total. The van der Waals surface area contributed by atoms with Crippen molar-refractivity contribution in [1.29, 1.82) is 0 Å². The molecule has 10 aromatic rings. The number of benzene rings is 6. The molecule has 6 atom stereocenters. The number of pyridine rings is 4. The number of esters is 2. The van der Waals surface area contributed by atoms with E-state index in [-0.39, 0.29) is 138 Å². The van der Waals surface area contributed by atoms with Gasteiger partial charge in [-0.25, -0.2) is 40.7 Å². The summed E-state index contributed by atoms with van der Waals surface area (Å²) in [6.45, 7) is 35.7. The van der Waals surface area contributed by atoms with Crippen LogP contribution in [0.3, 0.4) is 0 Å². The van der Waals surface area contributed by atoms with Crippen LogP contribution in [-0.4, -0.2) is 139 Å². The first kappa shape index (κ1) is 120. The number of ether oxygens (including phenoxy) is 5. The Morgan fingerprint density at radius 3 is 1.08 bits per heavy atom. The van der Waals surface area contributed by atoms with Crippen LogP contribution in [0.2, 0.25) is 10.0 Å². The van der Waals surface area contributed by atoms with Gasteiger partial charge in [0.15, 0.2) is 0 Å². The number of H-pyrrole nitrogens is 1. The van der Waals surface area contributed by atoms with Gasteiger partial charge in [-0.2, -0.15) is 0 Å². The fourth-order valence-electron chi connectivity index (χ4n) is 16.7. The number of halogens is 8. The largest absolute Gasteiger partial charge is 1.00 e. The van der Waals surface area contributed by atoms with Crippen molar-refractivity contribution in [1.82, 2.24) is 34.6 Å². The third kappa shape index (κ3) is 28.0. The Balaban J connectivity index is 0.000000264. The summed E-state index contributed by atoms with van der Waals surface area (Å²) >= 11 is 11.3. The number of nitrogens with one attached hydrogen (secondary N) is 7. The zero-order chi connectivity index (χ0) is 105. The first-order valence-corrected chi connectivity index (χ1v) is 47.2. The number of aryl methyl sites for hydroxylation is 8. The predicted octanol–water partition coefficient (Wildman–Crippen LogP) is 12.6. The fourth-order valence-corrected chi connectivity index (χ4v) is 17.0. The minimum absolute atomic E-state index is 0. The van der Waals surface area contributed by atoms with Crippen LogP contribution in [0.5, 0.6) is 0 Å². The van der Waals surface area contributed by atoms with Crippen LogP contribution in [-0.2, 0) is 127 Å². The first-order valence-electron chi connectivity index (χ1n) is 46.4. The molecular formula is C105H126BCl2F6LiN10O20. The smallest absolute Gasteiger partial charge is 0.870 e.